The number of rotatable bonds is 4. The van der Waals surface area contributed by atoms with Gasteiger partial charge in [-0.1, -0.05) is 18.2 Å². The highest BCUT2D eigenvalue weighted by atomic mass is 19.1. The van der Waals surface area contributed by atoms with Crippen LogP contribution in [0.2, 0.25) is 0 Å². The van der Waals surface area contributed by atoms with Crippen molar-refractivity contribution in [3.63, 3.8) is 0 Å². The quantitative estimate of drug-likeness (QED) is 0.372. The number of hydrogen-bond acceptors (Lipinski definition) is 6. The van der Waals surface area contributed by atoms with Gasteiger partial charge in [-0.2, -0.15) is 5.26 Å². The SMILES string of the molecule is N#Cc1cccc(-c2ccc3ncc(-c4cc(F)cc(F)c4)c(N4CCC(N)C(C(=O)O)C4)c3c2)c1O. The minimum atomic E-state index is -1.02. The maximum Gasteiger partial charge on any atom is 0.309 e. The highest BCUT2D eigenvalue weighted by molar-refractivity contribution is 6.02. The number of piperidine rings is 1. The predicted molar refractivity (Wildman–Crippen MR) is 135 cm³/mol. The van der Waals surface area contributed by atoms with Gasteiger partial charge in [0.25, 0.3) is 0 Å². The molecule has 9 heteroatoms. The van der Waals surface area contributed by atoms with Crippen molar-refractivity contribution in [2.75, 3.05) is 18.0 Å². The third-order valence-electron chi connectivity index (χ3n) is 6.78. The fraction of sp³-hybridized carbons (Fsp3) is 0.179. The lowest BCUT2D eigenvalue weighted by Gasteiger charge is -2.37. The van der Waals surface area contributed by atoms with Crippen molar-refractivity contribution in [2.45, 2.75) is 12.5 Å². The number of aromatic hydroxyl groups is 1. The Morgan fingerprint density at radius 3 is 2.54 bits per heavy atom. The molecule has 7 nitrogen and oxygen atoms in total. The summed E-state index contributed by atoms with van der Waals surface area (Å²) >= 11 is 0. The molecule has 186 valence electrons. The number of carboxylic acids is 1. The van der Waals surface area contributed by atoms with Crippen LogP contribution < -0.4 is 10.6 Å². The Bertz CT molecular complexity index is 1560. The number of nitrogens with zero attached hydrogens (tertiary/aromatic N) is 3. The van der Waals surface area contributed by atoms with Crippen LogP contribution in [0.4, 0.5) is 14.5 Å². The molecule has 4 N–H and O–H groups in total. The molecule has 5 rings (SSSR count). The predicted octanol–water partition coefficient (Wildman–Crippen LogP) is 4.66. The summed E-state index contributed by atoms with van der Waals surface area (Å²) in [6.07, 6.45) is 1.92. The Morgan fingerprint density at radius 2 is 1.84 bits per heavy atom. The van der Waals surface area contributed by atoms with Gasteiger partial charge in [-0.05, 0) is 47.9 Å². The molecule has 0 spiro atoms. The molecule has 0 amide bonds. The molecule has 2 unspecified atom stereocenters. The van der Waals surface area contributed by atoms with E-state index in [1.165, 1.54) is 24.4 Å². The van der Waals surface area contributed by atoms with Crippen LogP contribution in [0.1, 0.15) is 12.0 Å². The Labute approximate surface area is 211 Å². The van der Waals surface area contributed by atoms with Crippen LogP contribution >= 0.6 is 0 Å². The van der Waals surface area contributed by atoms with Crippen molar-refractivity contribution in [1.29, 1.82) is 5.26 Å². The van der Waals surface area contributed by atoms with E-state index in [0.29, 0.717) is 46.2 Å². The van der Waals surface area contributed by atoms with E-state index in [-0.39, 0.29) is 23.4 Å². The van der Waals surface area contributed by atoms with Gasteiger partial charge in [0.2, 0.25) is 0 Å². The molecule has 37 heavy (non-hydrogen) atoms. The summed E-state index contributed by atoms with van der Waals surface area (Å²) in [5.74, 6) is -3.53. The number of carbonyl (C=O) groups is 1. The molecule has 0 bridgehead atoms. The Morgan fingerprint density at radius 1 is 1.08 bits per heavy atom. The first-order valence-corrected chi connectivity index (χ1v) is 11.6. The third-order valence-corrected chi connectivity index (χ3v) is 6.78. The number of anilines is 1. The van der Waals surface area contributed by atoms with E-state index in [9.17, 15) is 29.1 Å². The molecule has 2 heterocycles. The smallest absolute Gasteiger partial charge is 0.309 e. The average molecular weight is 501 g/mol. The number of carboxylic acid groups (broad SMARTS) is 1. The molecule has 1 fully saturated rings. The Kier molecular flexibility index (Phi) is 6.19. The molecule has 4 aromatic rings. The van der Waals surface area contributed by atoms with Gasteiger partial charge in [0, 0.05) is 47.9 Å². The van der Waals surface area contributed by atoms with Crippen LogP contribution in [0.15, 0.2) is 60.8 Å². The monoisotopic (exact) mass is 500 g/mol. The van der Waals surface area contributed by atoms with E-state index in [2.05, 4.69) is 4.98 Å². The van der Waals surface area contributed by atoms with Gasteiger partial charge in [0.15, 0.2) is 0 Å². The van der Waals surface area contributed by atoms with E-state index in [1.807, 2.05) is 11.0 Å². The zero-order chi connectivity index (χ0) is 26.3. The third kappa shape index (κ3) is 4.43. The molecule has 0 radical (unpaired) electrons. The van der Waals surface area contributed by atoms with Crippen LogP contribution in [0.25, 0.3) is 33.2 Å². The van der Waals surface area contributed by atoms with Crippen molar-refractivity contribution < 1.29 is 23.8 Å². The van der Waals surface area contributed by atoms with Crippen molar-refractivity contribution in [3.8, 4) is 34.1 Å². The largest absolute Gasteiger partial charge is 0.506 e. The number of halogens is 2. The van der Waals surface area contributed by atoms with E-state index in [0.717, 1.165) is 6.07 Å². The fourth-order valence-electron chi connectivity index (χ4n) is 4.91. The van der Waals surface area contributed by atoms with Crippen molar-refractivity contribution in [3.05, 3.63) is 78.0 Å². The maximum absolute atomic E-state index is 14.2. The lowest BCUT2D eigenvalue weighted by atomic mass is 9.90. The summed E-state index contributed by atoms with van der Waals surface area (Å²) in [5.41, 5.74) is 9.04. The van der Waals surface area contributed by atoms with Gasteiger partial charge in [0.05, 0.1) is 22.7 Å². The van der Waals surface area contributed by atoms with E-state index in [1.54, 1.807) is 30.3 Å². The summed E-state index contributed by atoms with van der Waals surface area (Å²) in [7, 11) is 0. The minimum Gasteiger partial charge on any atom is -0.506 e. The van der Waals surface area contributed by atoms with Crippen LogP contribution in [-0.2, 0) is 4.79 Å². The number of phenolic OH excluding ortho intramolecular Hbond substituents is 1. The first kappa shape index (κ1) is 24.2. The van der Waals surface area contributed by atoms with Gasteiger partial charge in [-0.15, -0.1) is 0 Å². The first-order chi connectivity index (χ1) is 17.8. The van der Waals surface area contributed by atoms with Crippen molar-refractivity contribution in [2.24, 2.45) is 11.7 Å². The molecule has 0 aliphatic carbocycles. The van der Waals surface area contributed by atoms with Crippen LogP contribution in [0.5, 0.6) is 5.75 Å². The molecule has 1 aliphatic heterocycles. The van der Waals surface area contributed by atoms with Crippen molar-refractivity contribution in [1.82, 2.24) is 4.98 Å². The van der Waals surface area contributed by atoms with Gasteiger partial charge in [-0.25, -0.2) is 8.78 Å². The molecule has 2 atom stereocenters. The topological polar surface area (TPSA) is 123 Å². The first-order valence-electron chi connectivity index (χ1n) is 11.6. The minimum absolute atomic E-state index is 0.0970. The molecule has 1 aliphatic rings. The number of para-hydroxylation sites is 1. The number of nitrogens with two attached hydrogens (primary N) is 1. The summed E-state index contributed by atoms with van der Waals surface area (Å²) in [4.78, 5) is 18.3. The lowest BCUT2D eigenvalue weighted by Crippen LogP contribution is -2.50. The normalized spacial score (nSPS) is 17.5. The summed E-state index contributed by atoms with van der Waals surface area (Å²) in [6.45, 7) is 0.522. The highest BCUT2D eigenvalue weighted by Gasteiger charge is 2.34. The number of benzene rings is 3. The number of nitriles is 1. The van der Waals surface area contributed by atoms with Crippen molar-refractivity contribution >= 4 is 22.6 Å². The van der Waals surface area contributed by atoms with Gasteiger partial charge >= 0.3 is 5.97 Å². The van der Waals surface area contributed by atoms with Gasteiger partial charge in [-0.3, -0.25) is 9.78 Å². The second kappa shape index (κ2) is 9.48. The molecular formula is C28H22F2N4O3. The molecule has 1 aromatic heterocycles. The van der Waals surface area contributed by atoms with Crippen LogP contribution in [0.3, 0.4) is 0 Å². The van der Waals surface area contributed by atoms with Crippen LogP contribution in [0, 0.1) is 28.9 Å². The number of hydrogen-bond donors (Lipinski definition) is 3. The van der Waals surface area contributed by atoms with Crippen LogP contribution in [-0.4, -0.2) is 40.3 Å². The Balaban J connectivity index is 1.77. The van der Waals surface area contributed by atoms with Gasteiger partial charge < -0.3 is 20.8 Å². The molecule has 0 saturated carbocycles. The maximum atomic E-state index is 14.2. The molecule has 1 saturated heterocycles. The van der Waals surface area contributed by atoms with E-state index >= 15 is 0 Å². The number of aromatic nitrogens is 1. The number of pyridine rings is 1. The number of phenols is 1. The summed E-state index contributed by atoms with van der Waals surface area (Å²) < 4.78 is 28.4. The van der Waals surface area contributed by atoms with Gasteiger partial charge in [0.1, 0.15) is 23.5 Å². The molecular weight excluding hydrogens is 478 g/mol. The summed E-state index contributed by atoms with van der Waals surface area (Å²) in [6, 6.07) is 14.7. The average Bonchev–Trinajstić information content (AvgIpc) is 2.87. The van der Waals surface area contributed by atoms with E-state index in [4.69, 9.17) is 5.73 Å². The number of fused-ring (bicyclic) bond motifs is 1. The second-order valence-electron chi connectivity index (χ2n) is 9.07. The standard InChI is InChI=1S/C28H22F2N4O3/c29-18-8-17(9-19(30)11-18)22-13-33-25-5-4-15(20-3-1-2-16(12-31)27(20)35)10-21(25)26(22)34-7-6-24(32)23(14-34)28(36)37/h1-5,8-11,13,23-24,35H,6-7,14,32H2,(H,36,37). The highest BCUT2D eigenvalue weighted by Crippen LogP contribution is 2.41. The zero-order valence-electron chi connectivity index (χ0n) is 19.5. The number of aliphatic carboxylic acids is 1. The fourth-order valence-corrected chi connectivity index (χ4v) is 4.91. The second-order valence-corrected chi connectivity index (χ2v) is 9.07. The van der Waals surface area contributed by atoms with E-state index < -0.39 is 29.6 Å². The summed E-state index contributed by atoms with van der Waals surface area (Å²) in [5, 5.41) is 30.3. The molecule has 3 aromatic carbocycles. The Hall–Kier alpha value is -4.55. The zero-order valence-corrected chi connectivity index (χ0v) is 19.5. The lowest BCUT2D eigenvalue weighted by molar-refractivity contribution is -0.142.